The van der Waals surface area contributed by atoms with E-state index in [0.29, 0.717) is 17.5 Å². The highest BCUT2D eigenvalue weighted by atomic mass is 16.2. The van der Waals surface area contributed by atoms with Crippen LogP contribution in [0.5, 0.6) is 0 Å². The van der Waals surface area contributed by atoms with Crippen molar-refractivity contribution in [1.29, 1.82) is 0 Å². The van der Waals surface area contributed by atoms with Crippen molar-refractivity contribution in [2.24, 2.45) is 22.7 Å². The fourth-order valence-electron chi connectivity index (χ4n) is 4.45. The molecule has 1 aromatic rings. The van der Waals surface area contributed by atoms with Crippen molar-refractivity contribution in [2.45, 2.75) is 38.6 Å². The van der Waals surface area contributed by atoms with Gasteiger partial charge >= 0.3 is 6.03 Å². The molecule has 1 saturated heterocycles. The van der Waals surface area contributed by atoms with E-state index < -0.39 is 23.8 Å². The van der Waals surface area contributed by atoms with Gasteiger partial charge in [0.2, 0.25) is 11.8 Å². The van der Waals surface area contributed by atoms with Gasteiger partial charge in [-0.05, 0) is 55.7 Å². The molecule has 2 aliphatic carbocycles. The number of rotatable bonds is 3. The lowest BCUT2D eigenvalue weighted by molar-refractivity contribution is -0.141. The molecule has 1 heterocycles. The molecular formula is C19H21N3O3. The van der Waals surface area contributed by atoms with Gasteiger partial charge < -0.3 is 0 Å². The third kappa shape index (κ3) is 2.86. The summed E-state index contributed by atoms with van der Waals surface area (Å²) < 4.78 is 0. The van der Waals surface area contributed by atoms with Crippen LogP contribution in [0.4, 0.5) is 10.5 Å². The van der Waals surface area contributed by atoms with Gasteiger partial charge in [-0.2, -0.15) is 0 Å². The molecule has 0 spiro atoms. The highest BCUT2D eigenvalue weighted by Crippen LogP contribution is 2.47. The summed E-state index contributed by atoms with van der Waals surface area (Å²) in [6.07, 6.45) is 5.54. The first-order valence-electron chi connectivity index (χ1n) is 8.81. The van der Waals surface area contributed by atoms with Crippen molar-refractivity contribution in [2.75, 3.05) is 0 Å². The summed E-state index contributed by atoms with van der Waals surface area (Å²) in [5.41, 5.74) is 1.73. The van der Waals surface area contributed by atoms with Gasteiger partial charge in [-0.15, -0.1) is 0 Å². The van der Waals surface area contributed by atoms with Gasteiger partial charge in [0.25, 0.3) is 0 Å². The second-order valence-corrected chi connectivity index (χ2v) is 7.34. The molecule has 1 N–H and O–H groups in total. The van der Waals surface area contributed by atoms with Crippen LogP contribution in [0.25, 0.3) is 0 Å². The van der Waals surface area contributed by atoms with E-state index in [0.717, 1.165) is 24.8 Å². The molecule has 0 radical (unpaired) electrons. The number of urea groups is 1. The largest absolute Gasteiger partial charge is 0.331 e. The molecule has 2 saturated carbocycles. The minimum Gasteiger partial charge on any atom is -0.277 e. The second-order valence-electron chi connectivity index (χ2n) is 7.34. The molecule has 6 heteroatoms. The van der Waals surface area contributed by atoms with Gasteiger partial charge in [0.05, 0.1) is 5.69 Å². The lowest BCUT2D eigenvalue weighted by Gasteiger charge is -2.36. The van der Waals surface area contributed by atoms with Crippen LogP contribution in [0.2, 0.25) is 0 Å². The Kier molecular flexibility index (Phi) is 3.90. The molecule has 130 valence electrons. The molecular weight excluding hydrogens is 318 g/mol. The average molecular weight is 339 g/mol. The smallest absolute Gasteiger partial charge is 0.277 e. The van der Waals surface area contributed by atoms with E-state index in [-0.39, 0.29) is 6.04 Å². The molecule has 0 aromatic heterocycles. The maximum Gasteiger partial charge on any atom is 0.331 e. The normalized spacial score (nSPS) is 31.9. The molecule has 1 aliphatic heterocycles. The standard InChI is InChI=1S/C19H21N3O3/c1-11-3-2-4-14(7-11)20-10-15-17(23)21-19(25)22(18(15)24)16-9-12-5-6-13(16)8-12/h2-4,7,10,12-13,15-16H,5-6,8-9H2,1H3,(H,21,23,25)/t12-,13-,15+,16-/m0/s1. The number of nitrogens with one attached hydrogen (secondary N) is 1. The fourth-order valence-corrected chi connectivity index (χ4v) is 4.45. The van der Waals surface area contributed by atoms with Crippen LogP contribution in [-0.2, 0) is 9.59 Å². The first kappa shape index (κ1) is 16.0. The van der Waals surface area contributed by atoms with Crippen LogP contribution in [0.3, 0.4) is 0 Å². The van der Waals surface area contributed by atoms with E-state index in [2.05, 4.69) is 10.3 Å². The first-order chi connectivity index (χ1) is 12.0. The zero-order chi connectivity index (χ0) is 17.6. The third-order valence-electron chi connectivity index (χ3n) is 5.64. The number of aliphatic imine (C=N–C) groups is 1. The Bertz CT molecular complexity index is 773. The molecule has 25 heavy (non-hydrogen) atoms. The second kappa shape index (κ2) is 6.10. The molecule has 3 fully saturated rings. The summed E-state index contributed by atoms with van der Waals surface area (Å²) in [6.45, 7) is 1.95. The highest BCUT2D eigenvalue weighted by Gasteiger charge is 2.50. The van der Waals surface area contributed by atoms with Crippen LogP contribution in [-0.4, -0.2) is 35.0 Å². The lowest BCUT2D eigenvalue weighted by Crippen LogP contribution is -2.62. The van der Waals surface area contributed by atoms with Gasteiger partial charge in [-0.1, -0.05) is 18.6 Å². The zero-order valence-electron chi connectivity index (χ0n) is 14.1. The Morgan fingerprint density at radius 2 is 2.04 bits per heavy atom. The number of imide groups is 2. The van der Waals surface area contributed by atoms with Crippen LogP contribution >= 0.6 is 0 Å². The van der Waals surface area contributed by atoms with Gasteiger partial charge in [0.1, 0.15) is 0 Å². The van der Waals surface area contributed by atoms with Gasteiger partial charge in [0.15, 0.2) is 5.92 Å². The SMILES string of the molecule is Cc1cccc(N=C[C@@H]2C(=O)NC(=O)N([C@H]3C[C@H]4CC[C@H]3C4)C2=O)c1. The number of barbiturate groups is 1. The Morgan fingerprint density at radius 3 is 2.72 bits per heavy atom. The maximum absolute atomic E-state index is 12.9. The number of amides is 4. The van der Waals surface area contributed by atoms with Gasteiger partial charge in [-0.25, -0.2) is 4.79 Å². The first-order valence-corrected chi connectivity index (χ1v) is 8.81. The molecule has 4 rings (SSSR count). The number of nitrogens with zero attached hydrogens (tertiary/aromatic N) is 2. The Balaban J connectivity index is 1.56. The molecule has 4 atom stereocenters. The van der Waals surface area contributed by atoms with E-state index >= 15 is 0 Å². The number of aryl methyl sites for hydroxylation is 1. The van der Waals surface area contributed by atoms with Crippen molar-refractivity contribution in [1.82, 2.24) is 10.2 Å². The summed E-state index contributed by atoms with van der Waals surface area (Å²) in [5, 5.41) is 2.33. The number of benzene rings is 1. The molecule has 3 aliphatic rings. The van der Waals surface area contributed by atoms with Crippen molar-refractivity contribution in [3.63, 3.8) is 0 Å². The summed E-state index contributed by atoms with van der Waals surface area (Å²) in [6, 6.07) is 6.86. The maximum atomic E-state index is 12.9. The van der Waals surface area contributed by atoms with E-state index in [9.17, 15) is 14.4 Å². The molecule has 6 nitrogen and oxygen atoms in total. The molecule has 2 bridgehead atoms. The van der Waals surface area contributed by atoms with E-state index in [1.54, 1.807) is 0 Å². The van der Waals surface area contributed by atoms with E-state index in [1.807, 2.05) is 31.2 Å². The minimum absolute atomic E-state index is 0.0748. The van der Waals surface area contributed by atoms with Crippen molar-refractivity contribution in [3.05, 3.63) is 29.8 Å². The molecule has 0 unspecified atom stereocenters. The van der Waals surface area contributed by atoms with Gasteiger partial charge in [0, 0.05) is 12.3 Å². The molecule has 1 aromatic carbocycles. The monoisotopic (exact) mass is 339 g/mol. The van der Waals surface area contributed by atoms with Crippen LogP contribution in [0.15, 0.2) is 29.3 Å². The topological polar surface area (TPSA) is 78.8 Å². The van der Waals surface area contributed by atoms with E-state index in [1.165, 1.54) is 17.5 Å². The van der Waals surface area contributed by atoms with Gasteiger partial charge in [-0.3, -0.25) is 24.8 Å². The number of hydrogen-bond donors (Lipinski definition) is 1. The van der Waals surface area contributed by atoms with Crippen molar-refractivity contribution < 1.29 is 14.4 Å². The summed E-state index contributed by atoms with van der Waals surface area (Å²) in [5.74, 6) is -1.10. The number of carbonyl (C=O) groups is 3. The highest BCUT2D eigenvalue weighted by molar-refractivity contribution is 6.23. The van der Waals surface area contributed by atoms with Crippen LogP contribution in [0.1, 0.15) is 31.2 Å². The Morgan fingerprint density at radius 1 is 1.20 bits per heavy atom. The van der Waals surface area contributed by atoms with Crippen LogP contribution in [0, 0.1) is 24.7 Å². The summed E-state index contributed by atoms with van der Waals surface area (Å²) in [4.78, 5) is 42.8. The summed E-state index contributed by atoms with van der Waals surface area (Å²) in [7, 11) is 0. The number of fused-ring (bicyclic) bond motifs is 2. The molecule has 4 amide bonds. The quantitative estimate of drug-likeness (QED) is 0.679. The number of carbonyl (C=O) groups excluding carboxylic acids is 3. The van der Waals surface area contributed by atoms with E-state index in [4.69, 9.17) is 0 Å². The lowest BCUT2D eigenvalue weighted by atomic mass is 9.92. The fraction of sp³-hybridized carbons (Fsp3) is 0.474. The average Bonchev–Trinajstić information content (AvgIpc) is 3.17. The zero-order valence-corrected chi connectivity index (χ0v) is 14.1. The third-order valence-corrected chi connectivity index (χ3v) is 5.64. The predicted molar refractivity (Wildman–Crippen MR) is 92.4 cm³/mol. The van der Waals surface area contributed by atoms with Crippen molar-refractivity contribution >= 4 is 29.7 Å². The predicted octanol–water partition coefficient (Wildman–Crippen LogP) is 2.58. The minimum atomic E-state index is -1.04. The summed E-state index contributed by atoms with van der Waals surface area (Å²) >= 11 is 0. The Labute approximate surface area is 146 Å². The Hall–Kier alpha value is -2.50. The van der Waals surface area contributed by atoms with Crippen LogP contribution < -0.4 is 5.32 Å². The van der Waals surface area contributed by atoms with Crippen molar-refractivity contribution in [3.8, 4) is 0 Å². The number of hydrogen-bond acceptors (Lipinski definition) is 4.